The molecule has 0 atom stereocenters. The quantitative estimate of drug-likeness (QED) is 0.364. The Labute approximate surface area is 185 Å². The van der Waals surface area contributed by atoms with E-state index >= 15 is 0 Å². The van der Waals surface area contributed by atoms with Crippen LogP contribution in [-0.4, -0.2) is 51.8 Å². The van der Waals surface area contributed by atoms with Crippen molar-refractivity contribution in [2.45, 2.75) is 45.3 Å². The normalized spacial score (nSPS) is 14.1. The Hall–Kier alpha value is -3.56. The summed E-state index contributed by atoms with van der Waals surface area (Å²) in [6.07, 6.45) is 4.43. The number of aromatic nitrogens is 2. The molecule has 0 saturated carbocycles. The van der Waals surface area contributed by atoms with Crippen LogP contribution in [0.5, 0.6) is 6.01 Å². The highest BCUT2D eigenvalue weighted by atomic mass is 19.1. The average molecular weight is 443 g/mol. The van der Waals surface area contributed by atoms with Crippen LogP contribution in [0, 0.1) is 11.2 Å². The lowest BCUT2D eigenvalue weighted by atomic mass is 10.1. The average Bonchev–Trinajstić information content (AvgIpc) is 2.78. The topological polar surface area (TPSA) is 131 Å². The molecule has 0 unspecified atom stereocenters. The standard InChI is InChI=1S/C22H26FN5O4/c1-2-19(29)28-8-6-16(7-9-28)32-22-26-11-15(12-27-22)17-5-3-4-14(21(17)23)13-31-20(30)10-18(24)25/h3-5,11-12,16H,2,6-10,13H2,1H3,(H3,24,25). The largest absolute Gasteiger partial charge is 0.460 e. The number of halogens is 1. The van der Waals surface area contributed by atoms with Crippen molar-refractivity contribution < 1.29 is 23.5 Å². The van der Waals surface area contributed by atoms with Crippen LogP contribution in [-0.2, 0) is 20.9 Å². The van der Waals surface area contributed by atoms with E-state index in [1.54, 1.807) is 12.1 Å². The summed E-state index contributed by atoms with van der Waals surface area (Å²) >= 11 is 0. The molecule has 0 aliphatic carbocycles. The zero-order valence-electron chi connectivity index (χ0n) is 17.8. The van der Waals surface area contributed by atoms with Gasteiger partial charge in [0.2, 0.25) is 5.91 Å². The third-order valence-electron chi connectivity index (χ3n) is 5.11. The SMILES string of the molecule is CCC(=O)N1CCC(Oc2ncc(-c3cccc(COC(=O)CC(=N)N)c3F)cn2)CC1. The summed E-state index contributed by atoms with van der Waals surface area (Å²) in [6.45, 7) is 2.86. The molecule has 3 rings (SSSR count). The number of esters is 1. The van der Waals surface area contributed by atoms with Crippen LogP contribution in [0.3, 0.4) is 0 Å². The van der Waals surface area contributed by atoms with E-state index in [0.717, 1.165) is 0 Å². The number of hydrogen-bond donors (Lipinski definition) is 2. The fraction of sp³-hybridized carbons (Fsp3) is 0.409. The molecule has 1 fully saturated rings. The Balaban J connectivity index is 1.60. The van der Waals surface area contributed by atoms with Crippen molar-refractivity contribution in [3.63, 3.8) is 0 Å². The second-order valence-corrected chi connectivity index (χ2v) is 7.45. The maximum atomic E-state index is 14.9. The molecule has 1 aliphatic heterocycles. The molecule has 2 aromatic rings. The first-order chi connectivity index (χ1) is 15.4. The molecule has 170 valence electrons. The third-order valence-corrected chi connectivity index (χ3v) is 5.11. The second kappa shape index (κ2) is 10.7. The first-order valence-corrected chi connectivity index (χ1v) is 10.4. The molecule has 0 radical (unpaired) electrons. The van der Waals surface area contributed by atoms with Crippen molar-refractivity contribution in [3.8, 4) is 17.1 Å². The van der Waals surface area contributed by atoms with Crippen molar-refractivity contribution in [2.75, 3.05) is 13.1 Å². The van der Waals surface area contributed by atoms with Crippen LogP contribution in [0.25, 0.3) is 11.1 Å². The van der Waals surface area contributed by atoms with Crippen LogP contribution < -0.4 is 10.5 Å². The van der Waals surface area contributed by atoms with Crippen molar-refractivity contribution in [3.05, 3.63) is 42.0 Å². The molecule has 1 aromatic heterocycles. The number of benzene rings is 1. The molecule has 0 spiro atoms. The zero-order chi connectivity index (χ0) is 23.1. The van der Waals surface area contributed by atoms with Gasteiger partial charge in [0.1, 0.15) is 30.8 Å². The fourth-order valence-corrected chi connectivity index (χ4v) is 3.39. The van der Waals surface area contributed by atoms with E-state index in [0.29, 0.717) is 37.9 Å². The van der Waals surface area contributed by atoms with Crippen molar-refractivity contribution in [2.24, 2.45) is 5.73 Å². The van der Waals surface area contributed by atoms with Crippen LogP contribution in [0.2, 0.25) is 0 Å². The highest BCUT2D eigenvalue weighted by molar-refractivity contribution is 5.94. The van der Waals surface area contributed by atoms with Gasteiger partial charge in [-0.2, -0.15) is 0 Å². The van der Waals surface area contributed by atoms with Gasteiger partial charge in [-0.15, -0.1) is 0 Å². The highest BCUT2D eigenvalue weighted by Crippen LogP contribution is 2.26. The summed E-state index contributed by atoms with van der Waals surface area (Å²) < 4.78 is 25.7. The third kappa shape index (κ3) is 5.99. The second-order valence-electron chi connectivity index (χ2n) is 7.45. The van der Waals surface area contributed by atoms with Gasteiger partial charge in [-0.1, -0.05) is 25.1 Å². The number of ether oxygens (including phenoxy) is 2. The van der Waals surface area contributed by atoms with Gasteiger partial charge in [-0.25, -0.2) is 14.4 Å². The number of hydrogen-bond acceptors (Lipinski definition) is 7. The molecule has 1 saturated heterocycles. The lowest BCUT2D eigenvalue weighted by Crippen LogP contribution is -2.41. The van der Waals surface area contributed by atoms with Crippen LogP contribution >= 0.6 is 0 Å². The first kappa shape index (κ1) is 23.1. The van der Waals surface area contributed by atoms with Gasteiger partial charge in [0.05, 0.1) is 0 Å². The number of nitrogens with one attached hydrogen (secondary N) is 1. The van der Waals surface area contributed by atoms with Gasteiger partial charge < -0.3 is 20.1 Å². The number of carbonyl (C=O) groups is 2. The van der Waals surface area contributed by atoms with Gasteiger partial charge in [0.25, 0.3) is 0 Å². The number of likely N-dealkylation sites (tertiary alicyclic amines) is 1. The number of rotatable bonds is 8. The molecular weight excluding hydrogens is 417 g/mol. The minimum absolute atomic E-state index is 0.0773. The van der Waals surface area contributed by atoms with Crippen molar-refractivity contribution >= 4 is 17.7 Å². The number of amidine groups is 1. The summed E-state index contributed by atoms with van der Waals surface area (Å²) in [5.41, 5.74) is 6.06. The van der Waals surface area contributed by atoms with Crippen molar-refractivity contribution in [1.29, 1.82) is 5.41 Å². The van der Waals surface area contributed by atoms with Crippen LogP contribution in [0.4, 0.5) is 4.39 Å². The Morgan fingerprint density at radius 3 is 2.56 bits per heavy atom. The molecule has 1 amide bonds. The molecule has 9 nitrogen and oxygen atoms in total. The minimum atomic E-state index is -0.697. The van der Waals surface area contributed by atoms with Gasteiger partial charge in [-0.3, -0.25) is 15.0 Å². The predicted octanol–water partition coefficient (Wildman–Crippen LogP) is 2.43. The zero-order valence-corrected chi connectivity index (χ0v) is 17.8. The number of carbonyl (C=O) groups excluding carboxylic acids is 2. The Kier molecular flexibility index (Phi) is 7.69. The lowest BCUT2D eigenvalue weighted by molar-refractivity contribution is -0.143. The van der Waals surface area contributed by atoms with Crippen molar-refractivity contribution in [1.82, 2.24) is 14.9 Å². The van der Waals surface area contributed by atoms with E-state index in [9.17, 15) is 14.0 Å². The summed E-state index contributed by atoms with van der Waals surface area (Å²) in [5, 5.41) is 7.09. The molecule has 1 aliphatic rings. The summed E-state index contributed by atoms with van der Waals surface area (Å²) in [4.78, 5) is 33.5. The minimum Gasteiger partial charge on any atom is -0.460 e. The Bertz CT molecular complexity index is 975. The van der Waals surface area contributed by atoms with E-state index in [1.807, 2.05) is 11.8 Å². The Morgan fingerprint density at radius 1 is 1.25 bits per heavy atom. The molecule has 10 heteroatoms. The fourth-order valence-electron chi connectivity index (χ4n) is 3.39. The molecule has 32 heavy (non-hydrogen) atoms. The predicted molar refractivity (Wildman–Crippen MR) is 114 cm³/mol. The van der Waals surface area contributed by atoms with Gasteiger partial charge in [0, 0.05) is 61.4 Å². The number of nitrogens with two attached hydrogens (primary N) is 1. The number of amides is 1. The van der Waals surface area contributed by atoms with Gasteiger partial charge >= 0.3 is 12.0 Å². The monoisotopic (exact) mass is 443 g/mol. The van der Waals surface area contributed by atoms with Gasteiger partial charge in [-0.05, 0) is 0 Å². The number of piperidine rings is 1. The smallest absolute Gasteiger partial charge is 0.316 e. The van der Waals surface area contributed by atoms with E-state index < -0.39 is 11.8 Å². The molecule has 1 aromatic carbocycles. The summed E-state index contributed by atoms with van der Waals surface area (Å²) in [7, 11) is 0. The molecule has 2 heterocycles. The Morgan fingerprint density at radius 2 is 1.94 bits per heavy atom. The maximum Gasteiger partial charge on any atom is 0.316 e. The summed E-state index contributed by atoms with van der Waals surface area (Å²) in [6, 6.07) is 4.93. The van der Waals surface area contributed by atoms with Crippen LogP contribution in [0.15, 0.2) is 30.6 Å². The summed E-state index contributed by atoms with van der Waals surface area (Å²) in [5.74, 6) is -1.42. The highest BCUT2D eigenvalue weighted by Gasteiger charge is 2.23. The maximum absolute atomic E-state index is 14.9. The van der Waals surface area contributed by atoms with E-state index in [-0.39, 0.29) is 48.0 Å². The molecule has 0 bridgehead atoms. The van der Waals surface area contributed by atoms with Gasteiger partial charge in [0.15, 0.2) is 0 Å². The van der Waals surface area contributed by atoms with Crippen LogP contribution in [0.1, 0.15) is 38.2 Å². The molecular formula is C22H26FN5O4. The van der Waals surface area contributed by atoms with E-state index in [1.165, 1.54) is 18.5 Å². The first-order valence-electron chi connectivity index (χ1n) is 10.4. The lowest BCUT2D eigenvalue weighted by Gasteiger charge is -2.31. The number of nitrogens with zero attached hydrogens (tertiary/aromatic N) is 3. The van der Waals surface area contributed by atoms with E-state index in [4.69, 9.17) is 20.6 Å². The molecule has 3 N–H and O–H groups in total. The van der Waals surface area contributed by atoms with E-state index in [2.05, 4.69) is 9.97 Å².